The number of para-hydroxylation sites is 1. The molecule has 4 nitrogen and oxygen atoms in total. The number of thiazole rings is 1. The molecule has 1 amide bonds. The van der Waals surface area contributed by atoms with Crippen molar-refractivity contribution < 1.29 is 4.79 Å². The molecule has 0 fully saturated rings. The molecule has 120 valence electrons. The molecule has 0 saturated heterocycles. The molecule has 2 aromatic heterocycles. The summed E-state index contributed by atoms with van der Waals surface area (Å²) in [6.07, 6.45) is 0. The monoisotopic (exact) mass is 361 g/mol. The summed E-state index contributed by atoms with van der Waals surface area (Å²) in [5.41, 5.74) is 3.39. The number of amides is 1. The lowest BCUT2D eigenvalue weighted by Gasteiger charge is -2.06. The van der Waals surface area contributed by atoms with Gasteiger partial charge in [-0.15, -0.1) is 11.3 Å². The van der Waals surface area contributed by atoms with Crippen LogP contribution in [0.5, 0.6) is 0 Å². The van der Waals surface area contributed by atoms with E-state index in [1.807, 2.05) is 54.6 Å². The second-order valence-corrected chi connectivity index (χ2v) is 7.11. The van der Waals surface area contributed by atoms with Crippen molar-refractivity contribution >= 4 is 44.5 Å². The Labute approximate surface area is 152 Å². The van der Waals surface area contributed by atoms with Crippen LogP contribution in [0.2, 0.25) is 0 Å². The molecule has 0 spiro atoms. The number of thiophene rings is 1. The molecule has 2 aromatic carbocycles. The number of carbonyl (C=O) groups excluding carboxylic acids is 1. The van der Waals surface area contributed by atoms with Gasteiger partial charge in [-0.1, -0.05) is 24.3 Å². The van der Waals surface area contributed by atoms with Crippen molar-refractivity contribution in [1.29, 1.82) is 5.26 Å². The van der Waals surface area contributed by atoms with Gasteiger partial charge in [0.2, 0.25) is 0 Å². The van der Waals surface area contributed by atoms with Gasteiger partial charge in [0, 0.05) is 22.0 Å². The number of rotatable bonds is 3. The standard InChI is InChI=1S/C19H11N3OS2/c20-9-13-10-24-11-15(13)18(23)21-14-5-3-4-12(8-14)19-22-16-6-1-2-7-17(16)25-19/h1-8,10-11H,(H,21,23). The van der Waals surface area contributed by atoms with Gasteiger partial charge in [0.05, 0.1) is 21.3 Å². The molecule has 1 N–H and O–H groups in total. The highest BCUT2D eigenvalue weighted by Gasteiger charge is 2.13. The Morgan fingerprint density at radius 2 is 2.00 bits per heavy atom. The van der Waals surface area contributed by atoms with Crippen molar-refractivity contribution in [2.24, 2.45) is 0 Å². The second-order valence-electron chi connectivity index (χ2n) is 5.33. The largest absolute Gasteiger partial charge is 0.322 e. The van der Waals surface area contributed by atoms with Gasteiger partial charge in [-0.2, -0.15) is 16.6 Å². The minimum Gasteiger partial charge on any atom is -0.322 e. The van der Waals surface area contributed by atoms with E-state index >= 15 is 0 Å². The molecule has 25 heavy (non-hydrogen) atoms. The van der Waals surface area contributed by atoms with Crippen LogP contribution < -0.4 is 5.32 Å². The highest BCUT2D eigenvalue weighted by atomic mass is 32.1. The van der Waals surface area contributed by atoms with E-state index < -0.39 is 0 Å². The Bertz CT molecular complexity index is 1090. The van der Waals surface area contributed by atoms with Crippen LogP contribution in [0.1, 0.15) is 15.9 Å². The number of benzene rings is 2. The molecule has 4 aromatic rings. The van der Waals surface area contributed by atoms with Crippen molar-refractivity contribution in [3.63, 3.8) is 0 Å². The number of hydrogen-bond acceptors (Lipinski definition) is 5. The molecule has 0 atom stereocenters. The Balaban J connectivity index is 1.63. The molecule has 0 radical (unpaired) electrons. The summed E-state index contributed by atoms with van der Waals surface area (Å²) < 4.78 is 1.13. The number of aromatic nitrogens is 1. The number of carbonyl (C=O) groups is 1. The number of nitriles is 1. The molecule has 2 heterocycles. The van der Waals surface area contributed by atoms with Crippen molar-refractivity contribution in [3.8, 4) is 16.6 Å². The summed E-state index contributed by atoms with van der Waals surface area (Å²) >= 11 is 2.96. The van der Waals surface area contributed by atoms with Gasteiger partial charge >= 0.3 is 0 Å². The van der Waals surface area contributed by atoms with Crippen LogP contribution in [0.25, 0.3) is 20.8 Å². The third kappa shape index (κ3) is 3.03. The predicted octanol–water partition coefficient (Wildman–Crippen LogP) is 5.15. The van der Waals surface area contributed by atoms with Crippen LogP contribution >= 0.6 is 22.7 Å². The van der Waals surface area contributed by atoms with Gasteiger partial charge in [-0.3, -0.25) is 4.79 Å². The van der Waals surface area contributed by atoms with Gasteiger partial charge in [0.25, 0.3) is 5.91 Å². The molecular weight excluding hydrogens is 350 g/mol. The summed E-state index contributed by atoms with van der Waals surface area (Å²) in [6, 6.07) is 17.6. The van der Waals surface area contributed by atoms with Gasteiger partial charge in [-0.05, 0) is 24.3 Å². The van der Waals surface area contributed by atoms with Gasteiger partial charge in [0.1, 0.15) is 11.1 Å². The zero-order valence-electron chi connectivity index (χ0n) is 12.9. The first-order valence-electron chi connectivity index (χ1n) is 7.48. The summed E-state index contributed by atoms with van der Waals surface area (Å²) in [5.74, 6) is -0.278. The molecular formula is C19H11N3OS2. The maximum absolute atomic E-state index is 12.4. The zero-order chi connectivity index (χ0) is 17.2. The lowest BCUT2D eigenvalue weighted by Crippen LogP contribution is -2.12. The van der Waals surface area contributed by atoms with Crippen molar-refractivity contribution in [3.05, 3.63) is 70.4 Å². The highest BCUT2D eigenvalue weighted by Crippen LogP contribution is 2.31. The lowest BCUT2D eigenvalue weighted by molar-refractivity contribution is 0.102. The van der Waals surface area contributed by atoms with Crippen LogP contribution in [-0.2, 0) is 0 Å². The number of hydrogen-bond donors (Lipinski definition) is 1. The van der Waals surface area contributed by atoms with Crippen molar-refractivity contribution in [2.75, 3.05) is 5.32 Å². The fourth-order valence-electron chi connectivity index (χ4n) is 2.48. The molecule has 0 bridgehead atoms. The minimum atomic E-state index is -0.278. The van der Waals surface area contributed by atoms with Crippen LogP contribution in [0.3, 0.4) is 0 Å². The normalized spacial score (nSPS) is 10.5. The predicted molar refractivity (Wildman–Crippen MR) is 102 cm³/mol. The summed E-state index contributed by atoms with van der Waals surface area (Å²) in [6.45, 7) is 0. The first-order valence-corrected chi connectivity index (χ1v) is 9.24. The molecule has 6 heteroatoms. The molecule has 0 aliphatic rings. The average Bonchev–Trinajstić information content (AvgIpc) is 3.28. The molecule has 0 unspecified atom stereocenters. The maximum atomic E-state index is 12.4. The van der Waals surface area contributed by atoms with Gasteiger partial charge in [-0.25, -0.2) is 4.98 Å². The van der Waals surface area contributed by atoms with Gasteiger partial charge in [0.15, 0.2) is 0 Å². The lowest BCUT2D eigenvalue weighted by atomic mass is 10.1. The summed E-state index contributed by atoms with van der Waals surface area (Å²) in [7, 11) is 0. The van der Waals surface area contributed by atoms with E-state index in [2.05, 4.69) is 10.3 Å². The van der Waals surface area contributed by atoms with E-state index in [4.69, 9.17) is 5.26 Å². The number of nitrogens with one attached hydrogen (secondary N) is 1. The molecule has 0 saturated carbocycles. The van der Waals surface area contributed by atoms with E-state index in [0.717, 1.165) is 20.8 Å². The molecule has 0 aliphatic carbocycles. The summed E-state index contributed by atoms with van der Waals surface area (Å²) in [4.78, 5) is 17.0. The van der Waals surface area contributed by atoms with Crippen LogP contribution in [0.4, 0.5) is 5.69 Å². The van der Waals surface area contributed by atoms with Crippen LogP contribution in [0.15, 0.2) is 59.3 Å². The third-order valence-electron chi connectivity index (χ3n) is 3.69. The Morgan fingerprint density at radius 1 is 1.12 bits per heavy atom. The maximum Gasteiger partial charge on any atom is 0.257 e. The van der Waals surface area contributed by atoms with E-state index in [1.54, 1.807) is 22.1 Å². The fraction of sp³-hybridized carbons (Fsp3) is 0. The third-order valence-corrected chi connectivity index (χ3v) is 5.52. The first kappa shape index (κ1) is 15.5. The minimum absolute atomic E-state index is 0.278. The van der Waals surface area contributed by atoms with Crippen molar-refractivity contribution in [1.82, 2.24) is 4.98 Å². The number of nitrogens with zero attached hydrogens (tertiary/aromatic N) is 2. The Kier molecular flexibility index (Phi) is 4.02. The fourth-order valence-corrected chi connectivity index (χ4v) is 4.20. The van der Waals surface area contributed by atoms with Gasteiger partial charge < -0.3 is 5.32 Å². The van der Waals surface area contributed by atoms with E-state index in [0.29, 0.717) is 16.8 Å². The quantitative estimate of drug-likeness (QED) is 0.549. The van der Waals surface area contributed by atoms with Crippen LogP contribution in [0, 0.1) is 11.3 Å². The Morgan fingerprint density at radius 3 is 2.84 bits per heavy atom. The molecule has 0 aliphatic heterocycles. The van der Waals surface area contributed by atoms with E-state index in [1.165, 1.54) is 11.3 Å². The average molecular weight is 361 g/mol. The van der Waals surface area contributed by atoms with E-state index in [-0.39, 0.29) is 5.91 Å². The van der Waals surface area contributed by atoms with Crippen LogP contribution in [-0.4, -0.2) is 10.9 Å². The topological polar surface area (TPSA) is 65.8 Å². The Hall–Kier alpha value is -3.01. The molecule has 4 rings (SSSR count). The summed E-state index contributed by atoms with van der Waals surface area (Å²) in [5, 5.41) is 16.2. The second kappa shape index (κ2) is 6.48. The smallest absolute Gasteiger partial charge is 0.257 e. The zero-order valence-corrected chi connectivity index (χ0v) is 14.5. The first-order chi connectivity index (χ1) is 12.2. The van der Waals surface area contributed by atoms with E-state index in [9.17, 15) is 4.79 Å². The number of anilines is 1. The SMILES string of the molecule is N#Cc1cscc1C(=O)Nc1cccc(-c2nc3ccccc3s2)c1. The number of fused-ring (bicyclic) bond motifs is 1. The van der Waals surface area contributed by atoms with Crippen molar-refractivity contribution in [2.45, 2.75) is 0 Å². The highest BCUT2D eigenvalue weighted by molar-refractivity contribution is 7.21.